The number of rotatable bonds is 6. The van der Waals surface area contributed by atoms with Gasteiger partial charge in [0.05, 0.1) is 25.9 Å². The Hall–Kier alpha value is -3.03. The Morgan fingerprint density at radius 3 is 2.70 bits per heavy atom. The molecule has 0 spiro atoms. The number of thiazole rings is 2. The molecule has 1 fully saturated rings. The van der Waals surface area contributed by atoms with Crippen LogP contribution in [0.1, 0.15) is 40.0 Å². The molecule has 0 unspecified atom stereocenters. The Kier molecular flexibility index (Phi) is 6.51. The SMILES string of the molecule is Cc1nc(COc2ccccc2/C=C/C(=O)N2CCC(c3nc4ccccc4s3)CC2)cs1. The second-order valence-corrected chi connectivity index (χ2v) is 10.3. The van der Waals surface area contributed by atoms with Gasteiger partial charge in [-0.15, -0.1) is 22.7 Å². The average molecular weight is 476 g/mol. The Bertz CT molecular complexity index is 1250. The number of hydrogen-bond donors (Lipinski definition) is 0. The zero-order valence-corrected chi connectivity index (χ0v) is 20.1. The van der Waals surface area contributed by atoms with Crippen LogP contribution in [0.4, 0.5) is 0 Å². The van der Waals surface area contributed by atoms with Crippen LogP contribution in [-0.2, 0) is 11.4 Å². The fourth-order valence-electron chi connectivity index (χ4n) is 4.05. The number of para-hydroxylation sites is 2. The summed E-state index contributed by atoms with van der Waals surface area (Å²) < 4.78 is 7.20. The lowest BCUT2D eigenvalue weighted by Crippen LogP contribution is -2.36. The van der Waals surface area contributed by atoms with E-state index in [-0.39, 0.29) is 5.91 Å². The van der Waals surface area contributed by atoms with Crippen molar-refractivity contribution in [3.05, 3.63) is 81.3 Å². The molecule has 1 aliphatic rings. The zero-order chi connectivity index (χ0) is 22.6. The molecular weight excluding hydrogens is 450 g/mol. The van der Waals surface area contributed by atoms with E-state index < -0.39 is 0 Å². The molecule has 4 aromatic rings. The van der Waals surface area contributed by atoms with Crippen LogP contribution in [0.25, 0.3) is 16.3 Å². The molecule has 1 amide bonds. The number of carbonyl (C=O) groups is 1. The molecule has 1 saturated heterocycles. The summed E-state index contributed by atoms with van der Waals surface area (Å²) in [5, 5.41) is 4.23. The molecule has 0 N–H and O–H groups in total. The first-order chi connectivity index (χ1) is 16.2. The van der Waals surface area contributed by atoms with Gasteiger partial charge in [-0.2, -0.15) is 0 Å². The number of aryl methyl sites for hydroxylation is 1. The quantitative estimate of drug-likeness (QED) is 0.318. The van der Waals surface area contributed by atoms with Crippen molar-refractivity contribution >= 4 is 44.9 Å². The number of likely N-dealkylation sites (tertiary alicyclic amines) is 1. The number of fused-ring (bicyclic) bond motifs is 1. The maximum absolute atomic E-state index is 12.8. The standard InChI is InChI=1S/C26H25N3O2S2/c1-18-27-21(17-32-18)16-31-23-8-4-2-6-19(23)10-11-25(30)29-14-12-20(13-15-29)26-28-22-7-3-5-9-24(22)33-26/h2-11,17,20H,12-16H2,1H3/b11-10+. The van der Waals surface area contributed by atoms with Crippen LogP contribution >= 0.6 is 22.7 Å². The van der Waals surface area contributed by atoms with Gasteiger partial charge in [-0.25, -0.2) is 9.97 Å². The van der Waals surface area contributed by atoms with Gasteiger partial charge in [0, 0.05) is 36.0 Å². The van der Waals surface area contributed by atoms with Crippen LogP contribution in [-0.4, -0.2) is 33.9 Å². The third-order valence-electron chi connectivity index (χ3n) is 5.83. The molecule has 168 valence electrons. The molecule has 0 radical (unpaired) electrons. The third-order valence-corrected chi connectivity index (χ3v) is 7.85. The summed E-state index contributed by atoms with van der Waals surface area (Å²) in [6, 6.07) is 16.1. The summed E-state index contributed by atoms with van der Waals surface area (Å²) in [4.78, 5) is 24.0. The number of carbonyl (C=O) groups excluding carboxylic acids is 1. The molecule has 0 saturated carbocycles. The fraction of sp³-hybridized carbons (Fsp3) is 0.269. The van der Waals surface area contributed by atoms with Gasteiger partial charge in [-0.3, -0.25) is 4.79 Å². The van der Waals surface area contributed by atoms with E-state index in [9.17, 15) is 4.79 Å². The number of piperidine rings is 1. The highest BCUT2D eigenvalue weighted by Gasteiger charge is 2.25. The second kappa shape index (κ2) is 9.85. The van der Waals surface area contributed by atoms with Gasteiger partial charge in [-0.1, -0.05) is 30.3 Å². The van der Waals surface area contributed by atoms with Gasteiger partial charge >= 0.3 is 0 Å². The van der Waals surface area contributed by atoms with Crippen molar-refractivity contribution < 1.29 is 9.53 Å². The first-order valence-corrected chi connectivity index (χ1v) is 12.8. The maximum Gasteiger partial charge on any atom is 0.246 e. The minimum Gasteiger partial charge on any atom is -0.487 e. The van der Waals surface area contributed by atoms with Crippen molar-refractivity contribution in [2.45, 2.75) is 32.3 Å². The summed E-state index contributed by atoms with van der Waals surface area (Å²) in [6.07, 6.45) is 5.41. The summed E-state index contributed by atoms with van der Waals surface area (Å²) in [5.74, 6) is 1.23. The lowest BCUT2D eigenvalue weighted by atomic mass is 9.97. The van der Waals surface area contributed by atoms with Crippen LogP contribution < -0.4 is 4.74 Å². The van der Waals surface area contributed by atoms with Crippen molar-refractivity contribution in [2.75, 3.05) is 13.1 Å². The summed E-state index contributed by atoms with van der Waals surface area (Å²) >= 11 is 3.40. The summed E-state index contributed by atoms with van der Waals surface area (Å²) in [5.41, 5.74) is 2.88. The summed E-state index contributed by atoms with van der Waals surface area (Å²) in [6.45, 7) is 3.91. The van der Waals surface area contributed by atoms with E-state index in [1.54, 1.807) is 28.7 Å². The van der Waals surface area contributed by atoms with Gasteiger partial charge in [0.2, 0.25) is 5.91 Å². The molecule has 2 aromatic heterocycles. The third kappa shape index (κ3) is 5.15. The number of aromatic nitrogens is 2. The van der Waals surface area contributed by atoms with E-state index in [4.69, 9.17) is 9.72 Å². The number of benzene rings is 2. The molecule has 0 aliphatic carbocycles. The van der Waals surface area contributed by atoms with Gasteiger partial charge < -0.3 is 9.64 Å². The molecule has 2 aromatic carbocycles. The largest absolute Gasteiger partial charge is 0.487 e. The predicted octanol–water partition coefficient (Wildman–Crippen LogP) is 6.06. The fourth-order valence-corrected chi connectivity index (χ4v) is 5.79. The molecule has 1 aliphatic heterocycles. The van der Waals surface area contributed by atoms with Crippen molar-refractivity contribution in [3.8, 4) is 5.75 Å². The Morgan fingerprint density at radius 1 is 1.12 bits per heavy atom. The van der Waals surface area contributed by atoms with Crippen molar-refractivity contribution in [1.29, 1.82) is 0 Å². The molecule has 5 nitrogen and oxygen atoms in total. The number of hydrogen-bond acceptors (Lipinski definition) is 6. The van der Waals surface area contributed by atoms with E-state index in [0.717, 1.165) is 53.5 Å². The topological polar surface area (TPSA) is 55.3 Å². The number of amides is 1. The van der Waals surface area contributed by atoms with E-state index in [0.29, 0.717) is 12.5 Å². The van der Waals surface area contributed by atoms with Gasteiger partial charge in [0.15, 0.2) is 0 Å². The smallest absolute Gasteiger partial charge is 0.246 e. The number of ether oxygens (including phenoxy) is 1. The highest BCUT2D eigenvalue weighted by atomic mass is 32.1. The lowest BCUT2D eigenvalue weighted by molar-refractivity contribution is -0.126. The van der Waals surface area contributed by atoms with Crippen molar-refractivity contribution in [1.82, 2.24) is 14.9 Å². The molecule has 0 atom stereocenters. The van der Waals surface area contributed by atoms with Crippen LogP contribution in [0.2, 0.25) is 0 Å². The molecule has 0 bridgehead atoms. The Balaban J connectivity index is 1.18. The van der Waals surface area contributed by atoms with Gasteiger partial charge in [0.1, 0.15) is 12.4 Å². The molecular formula is C26H25N3O2S2. The highest BCUT2D eigenvalue weighted by molar-refractivity contribution is 7.18. The average Bonchev–Trinajstić information content (AvgIpc) is 3.47. The van der Waals surface area contributed by atoms with E-state index in [1.807, 2.05) is 53.6 Å². The van der Waals surface area contributed by atoms with Crippen LogP contribution in [0, 0.1) is 6.92 Å². The Labute approximate surface area is 201 Å². The van der Waals surface area contributed by atoms with Gasteiger partial charge in [0.25, 0.3) is 0 Å². The molecule has 7 heteroatoms. The van der Waals surface area contributed by atoms with Crippen LogP contribution in [0.15, 0.2) is 60.0 Å². The first kappa shape index (κ1) is 21.8. The number of nitrogens with zero attached hydrogens (tertiary/aromatic N) is 3. The van der Waals surface area contributed by atoms with Crippen LogP contribution in [0.5, 0.6) is 5.75 Å². The zero-order valence-electron chi connectivity index (χ0n) is 18.4. The maximum atomic E-state index is 12.8. The highest BCUT2D eigenvalue weighted by Crippen LogP contribution is 2.34. The van der Waals surface area contributed by atoms with E-state index in [2.05, 4.69) is 23.2 Å². The normalized spacial score (nSPS) is 14.9. The lowest BCUT2D eigenvalue weighted by Gasteiger charge is -2.30. The molecule has 33 heavy (non-hydrogen) atoms. The second-order valence-electron chi connectivity index (χ2n) is 8.14. The van der Waals surface area contributed by atoms with Gasteiger partial charge in [-0.05, 0) is 44.0 Å². The van der Waals surface area contributed by atoms with E-state index in [1.165, 1.54) is 9.71 Å². The minimum absolute atomic E-state index is 0.0441. The summed E-state index contributed by atoms with van der Waals surface area (Å²) in [7, 11) is 0. The first-order valence-electron chi connectivity index (χ1n) is 11.1. The minimum atomic E-state index is 0.0441. The molecule has 5 rings (SSSR count). The van der Waals surface area contributed by atoms with E-state index >= 15 is 0 Å². The van der Waals surface area contributed by atoms with Crippen molar-refractivity contribution in [3.63, 3.8) is 0 Å². The van der Waals surface area contributed by atoms with Crippen LogP contribution in [0.3, 0.4) is 0 Å². The predicted molar refractivity (Wildman–Crippen MR) is 135 cm³/mol. The van der Waals surface area contributed by atoms with Crippen molar-refractivity contribution in [2.24, 2.45) is 0 Å². The molecule has 3 heterocycles. The monoisotopic (exact) mass is 475 g/mol. The Morgan fingerprint density at radius 2 is 1.91 bits per heavy atom.